The number of aromatic nitrogens is 2. The van der Waals surface area contributed by atoms with Crippen LogP contribution in [0.2, 0.25) is 0 Å². The van der Waals surface area contributed by atoms with Crippen LogP contribution < -0.4 is 10.6 Å². The molecule has 2 aromatic carbocycles. The van der Waals surface area contributed by atoms with Gasteiger partial charge in [-0.25, -0.2) is 9.18 Å². The van der Waals surface area contributed by atoms with Gasteiger partial charge in [0.25, 0.3) is 0 Å². The number of nitrogens with zero attached hydrogens (tertiary/aromatic N) is 3. The number of likely N-dealkylation sites (tertiary alicyclic amines) is 1. The summed E-state index contributed by atoms with van der Waals surface area (Å²) in [6.45, 7) is 8.90. The molecule has 1 unspecified atom stereocenters. The molecular weight excluding hydrogens is 465 g/mol. The van der Waals surface area contributed by atoms with Crippen LogP contribution in [0.15, 0.2) is 42.5 Å². The SMILES string of the molecule is CC(C)c1cccc(C(C)C)c1NC(=O)N1CCCC1C(=O)Nc1nnc(-c2ccc(F)cc2)s1. The Kier molecular flexibility index (Phi) is 7.45. The number of carbonyl (C=O) groups is 2. The largest absolute Gasteiger partial charge is 0.322 e. The van der Waals surface area contributed by atoms with Gasteiger partial charge in [-0.2, -0.15) is 0 Å². The maximum Gasteiger partial charge on any atom is 0.322 e. The lowest BCUT2D eigenvalue weighted by molar-refractivity contribution is -0.119. The van der Waals surface area contributed by atoms with E-state index in [-0.39, 0.29) is 29.6 Å². The number of carbonyl (C=O) groups excluding carboxylic acids is 2. The van der Waals surface area contributed by atoms with Gasteiger partial charge in [0.05, 0.1) is 0 Å². The molecule has 9 heteroatoms. The fourth-order valence-corrected chi connectivity index (χ4v) is 5.08. The summed E-state index contributed by atoms with van der Waals surface area (Å²) in [6.07, 6.45) is 1.32. The van der Waals surface area contributed by atoms with Crippen LogP contribution in [0.5, 0.6) is 0 Å². The van der Waals surface area contributed by atoms with Crippen LogP contribution in [0.4, 0.5) is 20.0 Å². The van der Waals surface area contributed by atoms with Gasteiger partial charge in [0.2, 0.25) is 11.0 Å². The first kappa shape index (κ1) is 24.8. The number of halogens is 1. The molecule has 1 aliphatic heterocycles. The van der Waals surface area contributed by atoms with Crippen molar-refractivity contribution in [2.24, 2.45) is 0 Å². The van der Waals surface area contributed by atoms with Crippen LogP contribution in [0, 0.1) is 5.82 Å². The summed E-state index contributed by atoms with van der Waals surface area (Å²) in [4.78, 5) is 28.0. The monoisotopic (exact) mass is 495 g/mol. The minimum atomic E-state index is -0.595. The Morgan fingerprint density at radius 1 is 1.00 bits per heavy atom. The normalized spacial score (nSPS) is 15.6. The highest BCUT2D eigenvalue weighted by Gasteiger charge is 2.35. The smallest absolute Gasteiger partial charge is 0.312 e. The predicted molar refractivity (Wildman–Crippen MR) is 137 cm³/mol. The van der Waals surface area contributed by atoms with Gasteiger partial charge in [-0.3, -0.25) is 10.1 Å². The number of hydrogen-bond donors (Lipinski definition) is 2. The maximum absolute atomic E-state index is 13.3. The van der Waals surface area contributed by atoms with Crippen LogP contribution in [0.1, 0.15) is 63.5 Å². The summed E-state index contributed by atoms with van der Waals surface area (Å²) in [7, 11) is 0. The second kappa shape index (κ2) is 10.5. The van der Waals surface area contributed by atoms with Crippen molar-refractivity contribution < 1.29 is 14.0 Å². The number of urea groups is 1. The summed E-state index contributed by atoms with van der Waals surface area (Å²) < 4.78 is 13.2. The molecule has 0 radical (unpaired) electrons. The molecule has 0 aliphatic carbocycles. The minimum Gasteiger partial charge on any atom is -0.312 e. The van der Waals surface area contributed by atoms with E-state index in [1.54, 1.807) is 17.0 Å². The molecule has 0 saturated carbocycles. The van der Waals surface area contributed by atoms with E-state index in [1.165, 1.54) is 23.5 Å². The van der Waals surface area contributed by atoms with E-state index in [2.05, 4.69) is 48.5 Å². The number of rotatable bonds is 6. The standard InChI is InChI=1S/C26H30FN5O2S/c1-15(2)19-7-5-8-20(16(3)4)22(19)28-26(34)32-14-6-9-21(32)23(33)29-25-31-30-24(35-25)17-10-12-18(27)13-11-17/h5,7-8,10-13,15-16,21H,6,9,14H2,1-4H3,(H,28,34)(H,29,31,33). The van der Waals surface area contributed by atoms with Crippen LogP contribution in [0.25, 0.3) is 10.6 Å². The topological polar surface area (TPSA) is 87.2 Å². The zero-order chi connectivity index (χ0) is 25.1. The zero-order valence-corrected chi connectivity index (χ0v) is 21.2. The average Bonchev–Trinajstić information content (AvgIpc) is 3.49. The Bertz CT molecular complexity index is 1180. The highest BCUT2D eigenvalue weighted by atomic mass is 32.1. The second-order valence-corrected chi connectivity index (χ2v) is 10.3. The lowest BCUT2D eigenvalue weighted by Gasteiger charge is -2.26. The van der Waals surface area contributed by atoms with Crippen molar-refractivity contribution in [3.63, 3.8) is 0 Å². The summed E-state index contributed by atoms with van der Waals surface area (Å²) in [5.41, 5.74) is 3.71. The van der Waals surface area contributed by atoms with Gasteiger partial charge in [-0.15, -0.1) is 10.2 Å². The van der Waals surface area contributed by atoms with Gasteiger partial charge < -0.3 is 10.2 Å². The molecule has 35 heavy (non-hydrogen) atoms. The highest BCUT2D eigenvalue weighted by molar-refractivity contribution is 7.18. The molecule has 3 aromatic rings. The van der Waals surface area contributed by atoms with E-state index < -0.39 is 6.04 Å². The fourth-order valence-electron chi connectivity index (χ4n) is 4.33. The van der Waals surface area contributed by atoms with E-state index in [0.29, 0.717) is 23.1 Å². The third-order valence-electron chi connectivity index (χ3n) is 6.17. The minimum absolute atomic E-state index is 0.245. The Balaban J connectivity index is 1.48. The molecule has 1 saturated heterocycles. The summed E-state index contributed by atoms with van der Waals surface area (Å²) in [5, 5.41) is 15.0. The third kappa shape index (κ3) is 5.51. The molecule has 1 aromatic heterocycles. The number of amides is 3. The predicted octanol–water partition coefficient (Wildman–Crippen LogP) is 6.23. The van der Waals surface area contributed by atoms with E-state index in [1.807, 2.05) is 18.2 Å². The van der Waals surface area contributed by atoms with E-state index in [4.69, 9.17) is 0 Å². The summed E-state index contributed by atoms with van der Waals surface area (Å²) in [6, 6.07) is 11.2. The average molecular weight is 496 g/mol. The molecule has 4 rings (SSSR count). The Morgan fingerprint density at radius 2 is 1.66 bits per heavy atom. The van der Waals surface area contributed by atoms with Gasteiger partial charge in [0.1, 0.15) is 16.9 Å². The summed E-state index contributed by atoms with van der Waals surface area (Å²) in [5.74, 6) is -0.132. The van der Waals surface area contributed by atoms with E-state index >= 15 is 0 Å². The molecule has 184 valence electrons. The zero-order valence-electron chi connectivity index (χ0n) is 20.3. The molecule has 1 atom stereocenters. The number of para-hydroxylation sites is 1. The van der Waals surface area contributed by atoms with Crippen molar-refractivity contribution in [2.75, 3.05) is 17.2 Å². The Hall–Kier alpha value is -3.33. The van der Waals surface area contributed by atoms with Gasteiger partial charge in [0, 0.05) is 17.8 Å². The van der Waals surface area contributed by atoms with Crippen molar-refractivity contribution >= 4 is 34.1 Å². The van der Waals surface area contributed by atoms with Crippen molar-refractivity contribution in [1.29, 1.82) is 0 Å². The molecule has 1 fully saturated rings. The molecule has 0 spiro atoms. The van der Waals surface area contributed by atoms with E-state index in [0.717, 1.165) is 28.8 Å². The molecule has 2 N–H and O–H groups in total. The van der Waals surface area contributed by atoms with Crippen molar-refractivity contribution in [3.8, 4) is 10.6 Å². The fraction of sp³-hybridized carbons (Fsp3) is 0.385. The quantitative estimate of drug-likeness (QED) is 0.425. The van der Waals surface area contributed by atoms with Crippen LogP contribution >= 0.6 is 11.3 Å². The number of hydrogen-bond acceptors (Lipinski definition) is 5. The van der Waals surface area contributed by atoms with Gasteiger partial charge >= 0.3 is 6.03 Å². The molecule has 2 heterocycles. The third-order valence-corrected chi connectivity index (χ3v) is 7.06. The van der Waals surface area contributed by atoms with E-state index in [9.17, 15) is 14.0 Å². The van der Waals surface area contributed by atoms with Gasteiger partial charge in [-0.05, 0) is 60.1 Å². The van der Waals surface area contributed by atoms with Gasteiger partial charge in [0.15, 0.2) is 0 Å². The molecule has 1 aliphatic rings. The lowest BCUT2D eigenvalue weighted by Crippen LogP contribution is -2.45. The molecular formula is C26H30FN5O2S. The molecule has 0 bridgehead atoms. The van der Waals surface area contributed by atoms with Crippen molar-refractivity contribution in [2.45, 2.75) is 58.4 Å². The number of nitrogens with one attached hydrogen (secondary N) is 2. The molecule has 7 nitrogen and oxygen atoms in total. The van der Waals surface area contributed by atoms with Crippen LogP contribution in [0.3, 0.4) is 0 Å². The van der Waals surface area contributed by atoms with Crippen molar-refractivity contribution in [1.82, 2.24) is 15.1 Å². The van der Waals surface area contributed by atoms with Crippen molar-refractivity contribution in [3.05, 3.63) is 59.4 Å². The lowest BCUT2D eigenvalue weighted by atomic mass is 9.93. The maximum atomic E-state index is 13.3. The van der Waals surface area contributed by atoms with Crippen LogP contribution in [-0.4, -0.2) is 39.6 Å². The highest BCUT2D eigenvalue weighted by Crippen LogP contribution is 2.33. The number of benzene rings is 2. The summed E-state index contributed by atoms with van der Waals surface area (Å²) >= 11 is 1.21. The Morgan fingerprint density at radius 3 is 2.29 bits per heavy atom. The van der Waals surface area contributed by atoms with Gasteiger partial charge in [-0.1, -0.05) is 57.2 Å². The first-order valence-electron chi connectivity index (χ1n) is 11.8. The molecule has 3 amide bonds. The number of anilines is 2. The second-order valence-electron chi connectivity index (χ2n) is 9.31. The Labute approximate surface area is 208 Å². The van der Waals surface area contributed by atoms with Crippen LogP contribution in [-0.2, 0) is 4.79 Å². The first-order chi connectivity index (χ1) is 16.7. The first-order valence-corrected chi connectivity index (χ1v) is 12.7.